The molecule has 34 heavy (non-hydrogen) atoms. The topological polar surface area (TPSA) is 88.4 Å². The molecule has 2 aromatic heterocycles. The Morgan fingerprint density at radius 1 is 0.971 bits per heavy atom. The smallest absolute Gasteiger partial charge is 0.261 e. The zero-order valence-corrected chi connectivity index (χ0v) is 18.5. The fourth-order valence-corrected chi connectivity index (χ4v) is 4.38. The number of hydrogen-bond acceptors (Lipinski definition) is 4. The maximum Gasteiger partial charge on any atom is 0.261 e. The summed E-state index contributed by atoms with van der Waals surface area (Å²) < 4.78 is 16.0. The van der Waals surface area contributed by atoms with Gasteiger partial charge in [0.1, 0.15) is 11.4 Å². The molecular formula is C26H24FN5O2. The van der Waals surface area contributed by atoms with Crippen molar-refractivity contribution in [1.82, 2.24) is 14.6 Å². The number of fused-ring (bicyclic) bond motifs is 1. The second-order valence-electron chi connectivity index (χ2n) is 8.46. The van der Waals surface area contributed by atoms with Gasteiger partial charge in [-0.1, -0.05) is 49.6 Å². The van der Waals surface area contributed by atoms with Crippen molar-refractivity contribution in [2.24, 2.45) is 5.92 Å². The van der Waals surface area contributed by atoms with Gasteiger partial charge >= 0.3 is 0 Å². The molecule has 7 nitrogen and oxygen atoms in total. The van der Waals surface area contributed by atoms with Gasteiger partial charge in [-0.25, -0.2) is 13.9 Å². The standard InChI is InChI=1S/C26H24FN5O2/c27-21-12-11-19(15-22(21)31-25(33)18-9-5-2-6-10-18)30-26(34)20-16-29-32-23(13-14-28-24(20)32)17-7-3-1-4-8-17/h1,3-4,7-8,11-16,18H,2,5-6,9-10H2,(H,30,34)(H,31,33). The average molecular weight is 458 g/mol. The van der Waals surface area contributed by atoms with Crippen molar-refractivity contribution in [3.8, 4) is 11.3 Å². The molecule has 172 valence electrons. The Balaban J connectivity index is 1.36. The van der Waals surface area contributed by atoms with Gasteiger partial charge in [0.05, 0.1) is 17.6 Å². The Kier molecular flexibility index (Phi) is 6.03. The number of nitrogens with one attached hydrogen (secondary N) is 2. The van der Waals surface area contributed by atoms with Crippen molar-refractivity contribution < 1.29 is 14.0 Å². The van der Waals surface area contributed by atoms with Crippen LogP contribution in [0.3, 0.4) is 0 Å². The number of benzene rings is 2. The maximum atomic E-state index is 14.4. The van der Waals surface area contributed by atoms with Gasteiger partial charge < -0.3 is 10.6 Å². The van der Waals surface area contributed by atoms with E-state index in [1.54, 1.807) is 10.7 Å². The van der Waals surface area contributed by atoms with E-state index in [0.29, 0.717) is 11.3 Å². The predicted octanol–water partition coefficient (Wildman–Crippen LogP) is 5.31. The van der Waals surface area contributed by atoms with Gasteiger partial charge in [0.25, 0.3) is 5.91 Å². The predicted molar refractivity (Wildman–Crippen MR) is 128 cm³/mol. The molecule has 2 heterocycles. The summed E-state index contributed by atoms with van der Waals surface area (Å²) in [5, 5.41) is 9.81. The van der Waals surface area contributed by atoms with Gasteiger partial charge in [0, 0.05) is 23.4 Å². The summed E-state index contributed by atoms with van der Waals surface area (Å²) in [6.07, 6.45) is 7.87. The molecule has 2 amide bonds. The highest BCUT2D eigenvalue weighted by atomic mass is 19.1. The van der Waals surface area contributed by atoms with Crippen LogP contribution in [0.2, 0.25) is 0 Å². The van der Waals surface area contributed by atoms with Crippen molar-refractivity contribution in [1.29, 1.82) is 0 Å². The highest BCUT2D eigenvalue weighted by Crippen LogP contribution is 2.27. The lowest BCUT2D eigenvalue weighted by Crippen LogP contribution is -2.25. The van der Waals surface area contributed by atoms with Crippen LogP contribution in [-0.2, 0) is 4.79 Å². The summed E-state index contributed by atoms with van der Waals surface area (Å²) in [4.78, 5) is 29.9. The van der Waals surface area contributed by atoms with Crippen molar-refractivity contribution in [3.63, 3.8) is 0 Å². The van der Waals surface area contributed by atoms with Crippen LogP contribution in [0.5, 0.6) is 0 Å². The zero-order chi connectivity index (χ0) is 23.5. The molecular weight excluding hydrogens is 433 g/mol. The molecule has 1 fully saturated rings. The molecule has 8 heteroatoms. The van der Waals surface area contributed by atoms with E-state index in [0.717, 1.165) is 43.4 Å². The Morgan fingerprint density at radius 3 is 2.56 bits per heavy atom. The van der Waals surface area contributed by atoms with E-state index < -0.39 is 11.7 Å². The third kappa shape index (κ3) is 4.39. The highest BCUT2D eigenvalue weighted by Gasteiger charge is 2.22. The molecule has 5 rings (SSSR count). The molecule has 0 bridgehead atoms. The molecule has 0 radical (unpaired) electrons. The van der Waals surface area contributed by atoms with Gasteiger partial charge in [-0.3, -0.25) is 9.59 Å². The van der Waals surface area contributed by atoms with E-state index in [2.05, 4.69) is 20.7 Å². The average Bonchev–Trinajstić information content (AvgIpc) is 3.32. The zero-order valence-electron chi connectivity index (χ0n) is 18.5. The molecule has 0 aliphatic heterocycles. The van der Waals surface area contributed by atoms with Crippen LogP contribution in [0.1, 0.15) is 42.5 Å². The number of rotatable bonds is 5. The third-order valence-electron chi connectivity index (χ3n) is 6.17. The van der Waals surface area contributed by atoms with E-state index in [4.69, 9.17) is 0 Å². The molecule has 0 unspecified atom stereocenters. The largest absolute Gasteiger partial charge is 0.323 e. The van der Waals surface area contributed by atoms with Gasteiger partial charge in [0.2, 0.25) is 5.91 Å². The minimum Gasteiger partial charge on any atom is -0.323 e. The first kappa shape index (κ1) is 21.8. The van der Waals surface area contributed by atoms with E-state index in [-0.39, 0.29) is 23.1 Å². The Bertz CT molecular complexity index is 1350. The molecule has 0 atom stereocenters. The van der Waals surface area contributed by atoms with Crippen LogP contribution in [-0.4, -0.2) is 26.4 Å². The van der Waals surface area contributed by atoms with Gasteiger partial charge in [0.15, 0.2) is 5.65 Å². The van der Waals surface area contributed by atoms with Crippen LogP contribution < -0.4 is 10.6 Å². The number of hydrogen-bond donors (Lipinski definition) is 2. The third-order valence-corrected chi connectivity index (χ3v) is 6.17. The van der Waals surface area contributed by atoms with Crippen LogP contribution in [0.4, 0.5) is 15.8 Å². The van der Waals surface area contributed by atoms with Gasteiger partial charge in [-0.2, -0.15) is 5.10 Å². The number of nitrogens with zero attached hydrogens (tertiary/aromatic N) is 3. The normalized spacial score (nSPS) is 14.1. The van der Waals surface area contributed by atoms with Crippen molar-refractivity contribution in [2.45, 2.75) is 32.1 Å². The number of aromatic nitrogens is 3. The fourth-order valence-electron chi connectivity index (χ4n) is 4.38. The van der Waals surface area contributed by atoms with Crippen LogP contribution in [0.15, 0.2) is 67.0 Å². The minimum atomic E-state index is -0.549. The van der Waals surface area contributed by atoms with Crippen LogP contribution >= 0.6 is 0 Å². The molecule has 1 aliphatic rings. The lowest BCUT2D eigenvalue weighted by molar-refractivity contribution is -0.120. The number of halogens is 1. The summed E-state index contributed by atoms with van der Waals surface area (Å²) in [6, 6.07) is 15.6. The quantitative estimate of drug-likeness (QED) is 0.425. The van der Waals surface area contributed by atoms with Crippen molar-refractivity contribution in [2.75, 3.05) is 10.6 Å². The second kappa shape index (κ2) is 9.43. The fraction of sp³-hybridized carbons (Fsp3) is 0.231. The summed E-state index contributed by atoms with van der Waals surface area (Å²) >= 11 is 0. The van der Waals surface area contributed by atoms with Gasteiger partial charge in [-0.15, -0.1) is 0 Å². The molecule has 2 N–H and O–H groups in total. The first-order valence-corrected chi connectivity index (χ1v) is 11.4. The first-order valence-electron chi connectivity index (χ1n) is 11.4. The van der Waals surface area contributed by atoms with Crippen molar-refractivity contribution >= 4 is 28.8 Å². The number of carbonyl (C=O) groups is 2. The Morgan fingerprint density at radius 2 is 1.76 bits per heavy atom. The minimum absolute atomic E-state index is 0.0535. The summed E-state index contributed by atoms with van der Waals surface area (Å²) in [5.74, 6) is -1.26. The SMILES string of the molecule is O=C(Nc1ccc(F)c(NC(=O)C2CCCCC2)c1)c1cnn2c(-c3ccccc3)ccnc12. The number of anilines is 2. The van der Waals surface area contributed by atoms with E-state index in [1.165, 1.54) is 24.4 Å². The molecule has 0 spiro atoms. The van der Waals surface area contributed by atoms with E-state index in [1.807, 2.05) is 36.4 Å². The van der Waals surface area contributed by atoms with Crippen LogP contribution in [0.25, 0.3) is 16.9 Å². The number of carbonyl (C=O) groups excluding carboxylic acids is 2. The highest BCUT2D eigenvalue weighted by molar-refractivity contribution is 6.08. The molecule has 2 aromatic carbocycles. The van der Waals surface area contributed by atoms with E-state index in [9.17, 15) is 14.0 Å². The lowest BCUT2D eigenvalue weighted by atomic mass is 9.88. The monoisotopic (exact) mass is 457 g/mol. The summed E-state index contributed by atoms with van der Waals surface area (Å²) in [7, 11) is 0. The summed E-state index contributed by atoms with van der Waals surface area (Å²) in [6.45, 7) is 0. The summed E-state index contributed by atoms with van der Waals surface area (Å²) in [5.41, 5.74) is 2.87. The molecule has 1 saturated carbocycles. The van der Waals surface area contributed by atoms with Crippen LogP contribution in [0, 0.1) is 11.7 Å². The lowest BCUT2D eigenvalue weighted by Gasteiger charge is -2.21. The molecule has 4 aromatic rings. The molecule has 0 saturated heterocycles. The Hall–Kier alpha value is -4.07. The number of amides is 2. The van der Waals surface area contributed by atoms with E-state index >= 15 is 0 Å². The van der Waals surface area contributed by atoms with Crippen molar-refractivity contribution in [3.05, 3.63) is 78.4 Å². The first-order chi connectivity index (χ1) is 16.6. The van der Waals surface area contributed by atoms with Gasteiger partial charge in [-0.05, 0) is 37.1 Å². The molecule has 1 aliphatic carbocycles. The Labute approximate surface area is 196 Å². The maximum absolute atomic E-state index is 14.4. The second-order valence-corrected chi connectivity index (χ2v) is 8.46.